The van der Waals surface area contributed by atoms with Crippen molar-refractivity contribution in [3.05, 3.63) is 24.3 Å². The van der Waals surface area contributed by atoms with Crippen molar-refractivity contribution in [1.29, 1.82) is 0 Å². The Morgan fingerprint density at radius 2 is 2.33 bits per heavy atom. The molecule has 3 unspecified atom stereocenters. The molecule has 1 aliphatic carbocycles. The molecule has 1 aromatic carbocycles. The standard InChI is InChI=1S/C16H20N2O3/c1-2-19-14-10-13(16(14)8-5-9-20-16)18-15-17-11-6-3-4-7-12(11)21-15/h3-4,6-7,13-14H,2,5,8-10H2,1H3,(H,17,18). The maximum atomic E-state index is 6.04. The molecule has 2 aromatic rings. The predicted octanol–water partition coefficient (Wildman–Crippen LogP) is 2.97. The van der Waals surface area contributed by atoms with Crippen molar-refractivity contribution in [2.45, 2.75) is 43.9 Å². The zero-order valence-electron chi connectivity index (χ0n) is 12.2. The van der Waals surface area contributed by atoms with E-state index < -0.39 is 0 Å². The van der Waals surface area contributed by atoms with Crippen LogP contribution in [0.2, 0.25) is 0 Å². The Bertz CT molecular complexity index is 600. The summed E-state index contributed by atoms with van der Waals surface area (Å²) in [5.41, 5.74) is 1.49. The molecule has 2 heterocycles. The number of fused-ring (bicyclic) bond motifs is 1. The van der Waals surface area contributed by atoms with Gasteiger partial charge in [0, 0.05) is 13.2 Å². The maximum absolute atomic E-state index is 6.04. The van der Waals surface area contributed by atoms with Gasteiger partial charge in [0.2, 0.25) is 0 Å². The van der Waals surface area contributed by atoms with Gasteiger partial charge >= 0.3 is 0 Å². The fourth-order valence-electron chi connectivity index (χ4n) is 3.56. The summed E-state index contributed by atoms with van der Waals surface area (Å²) in [7, 11) is 0. The van der Waals surface area contributed by atoms with Crippen molar-refractivity contribution in [2.75, 3.05) is 18.5 Å². The van der Waals surface area contributed by atoms with E-state index in [1.165, 1.54) is 0 Å². The lowest BCUT2D eigenvalue weighted by Crippen LogP contribution is -2.66. The minimum absolute atomic E-state index is 0.187. The first kappa shape index (κ1) is 13.1. The molecule has 21 heavy (non-hydrogen) atoms. The molecule has 1 aliphatic heterocycles. The molecule has 2 aliphatic rings. The highest BCUT2D eigenvalue weighted by molar-refractivity contribution is 5.74. The van der Waals surface area contributed by atoms with Gasteiger partial charge in [-0.3, -0.25) is 0 Å². The van der Waals surface area contributed by atoms with Gasteiger partial charge in [0.15, 0.2) is 5.58 Å². The lowest BCUT2D eigenvalue weighted by molar-refractivity contribution is -0.184. The Morgan fingerprint density at radius 1 is 1.43 bits per heavy atom. The summed E-state index contributed by atoms with van der Waals surface area (Å²) in [4.78, 5) is 4.49. The summed E-state index contributed by atoms with van der Waals surface area (Å²) in [6, 6.07) is 8.59. The molecular weight excluding hydrogens is 268 g/mol. The third-order valence-electron chi connectivity index (χ3n) is 4.63. The fourth-order valence-corrected chi connectivity index (χ4v) is 3.56. The number of hydrogen-bond donors (Lipinski definition) is 1. The Kier molecular flexibility index (Phi) is 3.12. The smallest absolute Gasteiger partial charge is 0.296 e. The van der Waals surface area contributed by atoms with Gasteiger partial charge in [-0.15, -0.1) is 0 Å². The summed E-state index contributed by atoms with van der Waals surface area (Å²) in [5.74, 6) is 0. The van der Waals surface area contributed by atoms with Gasteiger partial charge in [-0.2, -0.15) is 4.98 Å². The van der Waals surface area contributed by atoms with Gasteiger partial charge < -0.3 is 19.2 Å². The summed E-state index contributed by atoms with van der Waals surface area (Å²) in [5, 5.41) is 3.41. The van der Waals surface area contributed by atoms with E-state index in [0.29, 0.717) is 6.01 Å². The van der Waals surface area contributed by atoms with Crippen molar-refractivity contribution in [1.82, 2.24) is 4.98 Å². The van der Waals surface area contributed by atoms with Crippen molar-refractivity contribution in [2.24, 2.45) is 0 Å². The van der Waals surface area contributed by atoms with Gasteiger partial charge in [0.1, 0.15) is 11.1 Å². The highest BCUT2D eigenvalue weighted by atomic mass is 16.6. The monoisotopic (exact) mass is 288 g/mol. The van der Waals surface area contributed by atoms with Crippen molar-refractivity contribution < 1.29 is 13.9 Å². The van der Waals surface area contributed by atoms with E-state index in [4.69, 9.17) is 13.9 Å². The molecule has 5 heteroatoms. The number of ether oxygens (including phenoxy) is 2. The van der Waals surface area contributed by atoms with Crippen LogP contribution in [0.1, 0.15) is 26.2 Å². The van der Waals surface area contributed by atoms with E-state index in [1.807, 2.05) is 31.2 Å². The average Bonchev–Trinajstić information content (AvgIpc) is 3.14. The number of nitrogens with zero attached hydrogens (tertiary/aromatic N) is 1. The first-order chi connectivity index (χ1) is 10.3. The highest BCUT2D eigenvalue weighted by Crippen LogP contribution is 2.47. The van der Waals surface area contributed by atoms with Gasteiger partial charge in [0.05, 0.1) is 12.1 Å². The van der Waals surface area contributed by atoms with Crippen molar-refractivity contribution >= 4 is 17.1 Å². The van der Waals surface area contributed by atoms with Crippen LogP contribution in [-0.2, 0) is 9.47 Å². The Morgan fingerprint density at radius 3 is 3.10 bits per heavy atom. The quantitative estimate of drug-likeness (QED) is 0.937. The minimum atomic E-state index is -0.198. The number of hydrogen-bond acceptors (Lipinski definition) is 5. The van der Waals surface area contributed by atoms with Crippen molar-refractivity contribution in [3.63, 3.8) is 0 Å². The fraction of sp³-hybridized carbons (Fsp3) is 0.562. The molecule has 0 amide bonds. The van der Waals surface area contributed by atoms with Gasteiger partial charge in [0.25, 0.3) is 6.01 Å². The Hall–Kier alpha value is -1.59. The molecule has 5 nitrogen and oxygen atoms in total. The number of nitrogens with one attached hydrogen (secondary N) is 1. The summed E-state index contributed by atoms with van der Waals surface area (Å²) >= 11 is 0. The number of rotatable bonds is 4. The number of para-hydroxylation sites is 2. The zero-order valence-corrected chi connectivity index (χ0v) is 12.2. The summed E-state index contributed by atoms with van der Waals surface area (Å²) < 4.78 is 17.6. The van der Waals surface area contributed by atoms with Crippen LogP contribution in [0.15, 0.2) is 28.7 Å². The Labute approximate surface area is 123 Å². The molecule has 2 fully saturated rings. The molecule has 0 bridgehead atoms. The van der Waals surface area contributed by atoms with E-state index in [9.17, 15) is 0 Å². The molecular formula is C16H20N2O3. The molecule has 1 spiro atoms. The lowest BCUT2D eigenvalue weighted by atomic mass is 9.70. The van der Waals surface area contributed by atoms with Crippen LogP contribution >= 0.6 is 0 Å². The van der Waals surface area contributed by atoms with Crippen LogP contribution in [0.5, 0.6) is 0 Å². The first-order valence-corrected chi connectivity index (χ1v) is 7.69. The van der Waals surface area contributed by atoms with Gasteiger partial charge in [-0.1, -0.05) is 12.1 Å². The van der Waals surface area contributed by atoms with E-state index in [-0.39, 0.29) is 17.7 Å². The van der Waals surface area contributed by atoms with E-state index in [2.05, 4.69) is 10.3 Å². The molecule has 4 rings (SSSR count). The predicted molar refractivity (Wildman–Crippen MR) is 79.4 cm³/mol. The molecule has 1 aromatic heterocycles. The van der Waals surface area contributed by atoms with Crippen LogP contribution in [0.4, 0.5) is 6.01 Å². The normalized spacial score (nSPS) is 31.7. The molecule has 1 saturated carbocycles. The molecule has 1 saturated heterocycles. The Balaban J connectivity index is 1.54. The average molecular weight is 288 g/mol. The van der Waals surface area contributed by atoms with Gasteiger partial charge in [-0.05, 0) is 38.3 Å². The van der Waals surface area contributed by atoms with Crippen LogP contribution in [0, 0.1) is 0 Å². The summed E-state index contributed by atoms with van der Waals surface area (Å²) in [6.45, 7) is 3.57. The van der Waals surface area contributed by atoms with Crippen LogP contribution in [0.3, 0.4) is 0 Å². The molecule has 1 N–H and O–H groups in total. The van der Waals surface area contributed by atoms with E-state index in [1.54, 1.807) is 0 Å². The third-order valence-corrected chi connectivity index (χ3v) is 4.63. The molecule has 0 radical (unpaired) electrons. The second-order valence-corrected chi connectivity index (χ2v) is 5.77. The minimum Gasteiger partial charge on any atom is -0.424 e. The second-order valence-electron chi connectivity index (χ2n) is 5.77. The third kappa shape index (κ3) is 2.03. The largest absolute Gasteiger partial charge is 0.424 e. The SMILES string of the molecule is CCOC1CC(Nc2nc3ccccc3o2)C12CCCO2. The number of aromatic nitrogens is 1. The summed E-state index contributed by atoms with van der Waals surface area (Å²) in [6.07, 6.45) is 3.25. The van der Waals surface area contributed by atoms with Crippen LogP contribution in [-0.4, -0.2) is 35.9 Å². The molecule has 3 atom stereocenters. The first-order valence-electron chi connectivity index (χ1n) is 7.69. The van der Waals surface area contributed by atoms with E-state index in [0.717, 1.165) is 43.6 Å². The zero-order chi connectivity index (χ0) is 14.3. The maximum Gasteiger partial charge on any atom is 0.296 e. The van der Waals surface area contributed by atoms with Crippen LogP contribution < -0.4 is 5.32 Å². The van der Waals surface area contributed by atoms with Crippen LogP contribution in [0.25, 0.3) is 11.1 Å². The lowest BCUT2D eigenvalue weighted by Gasteiger charge is -2.52. The topological polar surface area (TPSA) is 56.5 Å². The highest BCUT2D eigenvalue weighted by Gasteiger charge is 2.59. The molecule has 112 valence electrons. The van der Waals surface area contributed by atoms with Crippen molar-refractivity contribution in [3.8, 4) is 0 Å². The number of anilines is 1. The van der Waals surface area contributed by atoms with E-state index >= 15 is 0 Å². The number of oxazole rings is 1. The van der Waals surface area contributed by atoms with Gasteiger partial charge in [-0.25, -0.2) is 0 Å². The second kappa shape index (κ2) is 5.00. The number of benzene rings is 1.